The first-order chi connectivity index (χ1) is 8.58. The van der Waals surface area contributed by atoms with Crippen LogP contribution in [0.1, 0.15) is 37.7 Å². The number of nitrogen functional groups attached to an aromatic ring is 1. The molecule has 0 aromatic carbocycles. The van der Waals surface area contributed by atoms with E-state index in [0.29, 0.717) is 30.5 Å². The van der Waals surface area contributed by atoms with Gasteiger partial charge in [-0.1, -0.05) is 13.3 Å². The normalized spacial score (nSPS) is 19.6. The maximum atomic E-state index is 11.9. The van der Waals surface area contributed by atoms with Crippen LogP contribution in [0.4, 0.5) is 5.82 Å². The van der Waals surface area contributed by atoms with Gasteiger partial charge in [0, 0.05) is 24.7 Å². The highest BCUT2D eigenvalue weighted by Gasteiger charge is 2.29. The minimum absolute atomic E-state index is 0.206. The largest absolute Gasteiger partial charge is 0.384 e. The third kappa shape index (κ3) is 2.97. The number of carbonyl (C=O) groups is 1. The van der Waals surface area contributed by atoms with E-state index in [2.05, 4.69) is 16.9 Å². The summed E-state index contributed by atoms with van der Waals surface area (Å²) in [6.07, 6.45) is 2.90. The van der Waals surface area contributed by atoms with Crippen molar-refractivity contribution in [3.8, 4) is 0 Å². The van der Waals surface area contributed by atoms with Crippen molar-refractivity contribution in [3.63, 3.8) is 0 Å². The third-order valence-electron chi connectivity index (χ3n) is 3.24. The maximum Gasteiger partial charge on any atom is 0.223 e. The Labute approximate surface area is 107 Å². The van der Waals surface area contributed by atoms with Crippen LogP contribution >= 0.6 is 0 Å². The van der Waals surface area contributed by atoms with Gasteiger partial charge in [0.1, 0.15) is 11.6 Å². The second kappa shape index (κ2) is 5.33. The standard InChI is InChI=1S/C13H20N4O/c1-3-4-10-6-13(18)17(7-10)8-12-15-9(2)5-11(14)16-12/h5,10H,3-4,6-8H2,1-2H3,(H2,14,15,16). The molecule has 0 aliphatic carbocycles. The van der Waals surface area contributed by atoms with E-state index in [0.717, 1.165) is 25.1 Å². The van der Waals surface area contributed by atoms with E-state index < -0.39 is 0 Å². The molecule has 5 nitrogen and oxygen atoms in total. The van der Waals surface area contributed by atoms with Crippen LogP contribution in [-0.2, 0) is 11.3 Å². The van der Waals surface area contributed by atoms with Gasteiger partial charge in [-0.15, -0.1) is 0 Å². The first kappa shape index (κ1) is 12.8. The van der Waals surface area contributed by atoms with E-state index in [4.69, 9.17) is 5.73 Å². The Hall–Kier alpha value is -1.65. The summed E-state index contributed by atoms with van der Waals surface area (Å²) < 4.78 is 0. The van der Waals surface area contributed by atoms with Crippen LogP contribution < -0.4 is 5.73 Å². The Morgan fingerprint density at radius 2 is 2.28 bits per heavy atom. The molecule has 1 aliphatic rings. The molecule has 1 aromatic rings. The first-order valence-electron chi connectivity index (χ1n) is 6.46. The molecule has 98 valence electrons. The van der Waals surface area contributed by atoms with Crippen LogP contribution in [0.15, 0.2) is 6.07 Å². The highest BCUT2D eigenvalue weighted by atomic mass is 16.2. The fourth-order valence-electron chi connectivity index (χ4n) is 2.51. The van der Waals surface area contributed by atoms with Crippen LogP contribution in [0.2, 0.25) is 0 Å². The number of hydrogen-bond acceptors (Lipinski definition) is 4. The number of aromatic nitrogens is 2. The van der Waals surface area contributed by atoms with Gasteiger partial charge in [0.15, 0.2) is 0 Å². The molecule has 1 atom stereocenters. The Morgan fingerprint density at radius 3 is 2.94 bits per heavy atom. The molecule has 1 aromatic heterocycles. The topological polar surface area (TPSA) is 72.1 Å². The zero-order valence-corrected chi connectivity index (χ0v) is 11.0. The molecule has 0 saturated carbocycles. The molecule has 0 spiro atoms. The summed E-state index contributed by atoms with van der Waals surface area (Å²) in [5.41, 5.74) is 6.53. The van der Waals surface area contributed by atoms with E-state index >= 15 is 0 Å². The Bertz CT molecular complexity index is 426. The monoisotopic (exact) mass is 248 g/mol. The molecule has 1 amide bonds. The van der Waals surface area contributed by atoms with Crippen molar-refractivity contribution >= 4 is 11.7 Å². The summed E-state index contributed by atoms with van der Waals surface area (Å²) in [6, 6.07) is 1.73. The van der Waals surface area contributed by atoms with E-state index in [-0.39, 0.29) is 5.91 Å². The van der Waals surface area contributed by atoms with Gasteiger partial charge in [-0.05, 0) is 19.3 Å². The highest BCUT2D eigenvalue weighted by molar-refractivity contribution is 5.78. The lowest BCUT2D eigenvalue weighted by Crippen LogP contribution is -2.26. The zero-order chi connectivity index (χ0) is 13.1. The molecule has 2 N–H and O–H groups in total. The molecule has 0 bridgehead atoms. The van der Waals surface area contributed by atoms with E-state index in [9.17, 15) is 4.79 Å². The number of rotatable bonds is 4. The molecule has 2 heterocycles. The van der Waals surface area contributed by atoms with Crippen LogP contribution in [0, 0.1) is 12.8 Å². The molecule has 1 unspecified atom stereocenters. The van der Waals surface area contributed by atoms with Gasteiger partial charge in [-0.25, -0.2) is 9.97 Å². The third-order valence-corrected chi connectivity index (χ3v) is 3.24. The number of nitrogens with zero attached hydrogens (tertiary/aromatic N) is 3. The van der Waals surface area contributed by atoms with Crippen molar-refractivity contribution in [2.45, 2.75) is 39.7 Å². The zero-order valence-electron chi connectivity index (χ0n) is 11.0. The van der Waals surface area contributed by atoms with Gasteiger partial charge < -0.3 is 10.6 Å². The fraction of sp³-hybridized carbons (Fsp3) is 0.615. The minimum Gasteiger partial charge on any atom is -0.384 e. The molecular formula is C13H20N4O. The van der Waals surface area contributed by atoms with E-state index in [1.165, 1.54) is 0 Å². The van der Waals surface area contributed by atoms with Gasteiger partial charge in [-0.2, -0.15) is 0 Å². The van der Waals surface area contributed by atoms with Crippen molar-refractivity contribution in [3.05, 3.63) is 17.6 Å². The maximum absolute atomic E-state index is 11.9. The Balaban J connectivity index is 2.03. The van der Waals surface area contributed by atoms with Crippen molar-refractivity contribution in [2.24, 2.45) is 5.92 Å². The molecule has 1 saturated heterocycles. The first-order valence-corrected chi connectivity index (χ1v) is 6.46. The number of likely N-dealkylation sites (tertiary alicyclic amines) is 1. The number of carbonyl (C=O) groups excluding carboxylic acids is 1. The summed E-state index contributed by atoms with van der Waals surface area (Å²) in [7, 11) is 0. The van der Waals surface area contributed by atoms with Crippen molar-refractivity contribution < 1.29 is 4.79 Å². The minimum atomic E-state index is 0.206. The summed E-state index contributed by atoms with van der Waals surface area (Å²) in [4.78, 5) is 22.2. The lowest BCUT2D eigenvalue weighted by molar-refractivity contribution is -0.128. The quantitative estimate of drug-likeness (QED) is 0.876. The van der Waals surface area contributed by atoms with Crippen LogP contribution in [0.5, 0.6) is 0 Å². The smallest absolute Gasteiger partial charge is 0.223 e. The molecular weight excluding hydrogens is 228 g/mol. The summed E-state index contributed by atoms with van der Waals surface area (Å²) >= 11 is 0. The van der Waals surface area contributed by atoms with Crippen molar-refractivity contribution in [1.29, 1.82) is 0 Å². The predicted molar refractivity (Wildman–Crippen MR) is 69.6 cm³/mol. The van der Waals surface area contributed by atoms with E-state index in [1.54, 1.807) is 6.07 Å². The average molecular weight is 248 g/mol. The number of hydrogen-bond donors (Lipinski definition) is 1. The SMILES string of the molecule is CCCC1CC(=O)N(Cc2nc(C)cc(N)n2)C1. The number of aryl methyl sites for hydroxylation is 1. The van der Waals surface area contributed by atoms with Crippen molar-refractivity contribution in [2.75, 3.05) is 12.3 Å². The summed E-state index contributed by atoms with van der Waals surface area (Å²) in [6.45, 7) is 5.33. The second-order valence-corrected chi connectivity index (χ2v) is 4.98. The summed E-state index contributed by atoms with van der Waals surface area (Å²) in [5, 5.41) is 0. The molecule has 2 rings (SSSR count). The Morgan fingerprint density at radius 1 is 1.50 bits per heavy atom. The molecule has 0 radical (unpaired) electrons. The van der Waals surface area contributed by atoms with Crippen molar-refractivity contribution in [1.82, 2.24) is 14.9 Å². The summed E-state index contributed by atoms with van der Waals surface area (Å²) in [5.74, 6) is 1.80. The van der Waals surface area contributed by atoms with Crippen LogP contribution in [0.3, 0.4) is 0 Å². The van der Waals surface area contributed by atoms with Gasteiger partial charge in [0.2, 0.25) is 5.91 Å². The second-order valence-electron chi connectivity index (χ2n) is 4.98. The van der Waals surface area contributed by atoms with Gasteiger partial charge >= 0.3 is 0 Å². The molecule has 1 fully saturated rings. The number of amides is 1. The lowest BCUT2D eigenvalue weighted by Gasteiger charge is -2.15. The molecule has 5 heteroatoms. The Kier molecular flexibility index (Phi) is 3.79. The number of anilines is 1. The van der Waals surface area contributed by atoms with Gasteiger partial charge in [0.05, 0.1) is 6.54 Å². The molecule has 1 aliphatic heterocycles. The lowest BCUT2D eigenvalue weighted by atomic mass is 10.0. The highest BCUT2D eigenvalue weighted by Crippen LogP contribution is 2.23. The van der Waals surface area contributed by atoms with Crippen LogP contribution in [-0.4, -0.2) is 27.3 Å². The van der Waals surface area contributed by atoms with E-state index in [1.807, 2.05) is 11.8 Å². The average Bonchev–Trinajstić information content (AvgIpc) is 2.58. The van der Waals surface area contributed by atoms with Gasteiger partial charge in [-0.3, -0.25) is 4.79 Å². The van der Waals surface area contributed by atoms with Gasteiger partial charge in [0.25, 0.3) is 0 Å². The molecule has 18 heavy (non-hydrogen) atoms. The van der Waals surface area contributed by atoms with Crippen LogP contribution in [0.25, 0.3) is 0 Å². The number of nitrogens with two attached hydrogens (primary N) is 1. The predicted octanol–water partition coefficient (Wildman–Crippen LogP) is 1.52. The fourth-order valence-corrected chi connectivity index (χ4v) is 2.51.